The summed E-state index contributed by atoms with van der Waals surface area (Å²) in [5, 5.41) is 12.1. The molecule has 8 nitrogen and oxygen atoms in total. The standard InChI is InChI=1S/C20H24N6O2/c27-20(15-2-1-3-16-18(15)22-12-21-16)23-14-4-5-17-24-25-19(26(17)9-6-14)13-7-10-28-11-8-13/h1-3,12-14H,4-11H2,(H,21,22)(H,23,27). The fourth-order valence-corrected chi connectivity index (χ4v) is 4.32. The molecule has 1 aromatic carbocycles. The molecule has 1 saturated heterocycles. The quantitative estimate of drug-likeness (QED) is 0.726. The van der Waals surface area contributed by atoms with Crippen LogP contribution in [0, 0.1) is 0 Å². The monoisotopic (exact) mass is 380 g/mol. The Balaban J connectivity index is 1.29. The lowest BCUT2D eigenvalue weighted by Gasteiger charge is -2.22. The number of aromatic nitrogens is 5. The number of ether oxygens (including phenoxy) is 1. The largest absolute Gasteiger partial charge is 0.381 e. The van der Waals surface area contributed by atoms with Gasteiger partial charge in [0, 0.05) is 38.1 Å². The van der Waals surface area contributed by atoms with Gasteiger partial charge in [0.1, 0.15) is 17.2 Å². The third kappa shape index (κ3) is 3.17. The minimum atomic E-state index is -0.0648. The summed E-state index contributed by atoms with van der Waals surface area (Å²) in [6.07, 6.45) is 6.21. The molecule has 1 amide bonds. The third-order valence-corrected chi connectivity index (χ3v) is 5.89. The van der Waals surface area contributed by atoms with Gasteiger partial charge in [0.15, 0.2) is 0 Å². The number of fused-ring (bicyclic) bond motifs is 2. The zero-order chi connectivity index (χ0) is 18.9. The summed E-state index contributed by atoms with van der Waals surface area (Å²) in [5.74, 6) is 2.49. The molecule has 0 saturated carbocycles. The van der Waals surface area contributed by atoms with E-state index in [0.717, 1.165) is 69.0 Å². The van der Waals surface area contributed by atoms with Crippen LogP contribution in [0.25, 0.3) is 11.0 Å². The van der Waals surface area contributed by atoms with Crippen molar-refractivity contribution >= 4 is 16.9 Å². The fourth-order valence-electron chi connectivity index (χ4n) is 4.32. The molecule has 146 valence electrons. The Labute approximate surface area is 162 Å². The number of amides is 1. The lowest BCUT2D eigenvalue weighted by Crippen LogP contribution is -2.35. The molecule has 2 aliphatic rings. The van der Waals surface area contributed by atoms with Gasteiger partial charge in [-0.2, -0.15) is 0 Å². The van der Waals surface area contributed by atoms with E-state index in [1.54, 1.807) is 6.33 Å². The smallest absolute Gasteiger partial charge is 0.253 e. The Morgan fingerprint density at radius 3 is 2.96 bits per heavy atom. The molecular weight excluding hydrogens is 356 g/mol. The highest BCUT2D eigenvalue weighted by atomic mass is 16.5. The van der Waals surface area contributed by atoms with Crippen LogP contribution in [-0.2, 0) is 17.7 Å². The summed E-state index contributed by atoms with van der Waals surface area (Å²) in [7, 11) is 0. The van der Waals surface area contributed by atoms with Gasteiger partial charge in [-0.25, -0.2) is 4.98 Å². The first-order valence-electron chi connectivity index (χ1n) is 10.0. The lowest BCUT2D eigenvalue weighted by molar-refractivity contribution is 0.0826. The highest BCUT2D eigenvalue weighted by Gasteiger charge is 2.27. The van der Waals surface area contributed by atoms with Crippen molar-refractivity contribution in [3.05, 3.63) is 41.7 Å². The van der Waals surface area contributed by atoms with Crippen LogP contribution < -0.4 is 5.32 Å². The summed E-state index contributed by atoms with van der Waals surface area (Å²) in [4.78, 5) is 20.2. The molecule has 28 heavy (non-hydrogen) atoms. The maximum absolute atomic E-state index is 12.8. The number of aryl methyl sites for hydroxylation is 1. The molecule has 1 fully saturated rings. The molecule has 0 spiro atoms. The van der Waals surface area contributed by atoms with Gasteiger partial charge < -0.3 is 19.6 Å². The van der Waals surface area contributed by atoms with E-state index in [-0.39, 0.29) is 11.9 Å². The first-order chi connectivity index (χ1) is 13.8. The molecule has 2 aromatic heterocycles. The van der Waals surface area contributed by atoms with Crippen molar-refractivity contribution in [3.63, 3.8) is 0 Å². The van der Waals surface area contributed by atoms with Crippen LogP contribution in [0.4, 0.5) is 0 Å². The van der Waals surface area contributed by atoms with E-state index in [0.29, 0.717) is 17.0 Å². The van der Waals surface area contributed by atoms with Crippen LogP contribution in [0.3, 0.4) is 0 Å². The van der Waals surface area contributed by atoms with E-state index in [1.807, 2.05) is 18.2 Å². The van der Waals surface area contributed by atoms with Crippen LogP contribution in [0.5, 0.6) is 0 Å². The van der Waals surface area contributed by atoms with Gasteiger partial charge >= 0.3 is 0 Å². The summed E-state index contributed by atoms with van der Waals surface area (Å²) in [6, 6.07) is 5.75. The molecule has 4 heterocycles. The lowest BCUT2D eigenvalue weighted by atomic mass is 9.99. The van der Waals surface area contributed by atoms with Gasteiger partial charge in [-0.3, -0.25) is 4.79 Å². The Morgan fingerprint density at radius 1 is 1.18 bits per heavy atom. The van der Waals surface area contributed by atoms with Crippen molar-refractivity contribution in [1.29, 1.82) is 0 Å². The van der Waals surface area contributed by atoms with Crippen LogP contribution in [0.15, 0.2) is 24.5 Å². The second-order valence-corrected chi connectivity index (χ2v) is 7.61. The van der Waals surface area contributed by atoms with Crippen molar-refractivity contribution in [3.8, 4) is 0 Å². The molecule has 0 aliphatic carbocycles. The summed E-state index contributed by atoms with van der Waals surface area (Å²) in [6.45, 7) is 2.43. The molecule has 2 aliphatic heterocycles. The van der Waals surface area contributed by atoms with Crippen LogP contribution >= 0.6 is 0 Å². The molecule has 0 bridgehead atoms. The number of imidazole rings is 1. The highest BCUT2D eigenvalue weighted by Crippen LogP contribution is 2.28. The molecule has 0 radical (unpaired) electrons. The van der Waals surface area contributed by atoms with Crippen LogP contribution in [0.1, 0.15) is 53.6 Å². The predicted molar refractivity (Wildman–Crippen MR) is 103 cm³/mol. The van der Waals surface area contributed by atoms with Gasteiger partial charge in [-0.15, -0.1) is 10.2 Å². The van der Waals surface area contributed by atoms with E-state index in [9.17, 15) is 4.79 Å². The molecule has 1 atom stereocenters. The molecule has 5 rings (SSSR count). The Kier molecular flexibility index (Phi) is 4.56. The number of rotatable bonds is 3. The average molecular weight is 380 g/mol. The third-order valence-electron chi connectivity index (χ3n) is 5.89. The van der Waals surface area contributed by atoms with Gasteiger partial charge in [-0.1, -0.05) is 6.07 Å². The van der Waals surface area contributed by atoms with E-state index in [1.165, 1.54) is 0 Å². The molecule has 3 aromatic rings. The number of aromatic amines is 1. The number of para-hydroxylation sites is 1. The topological polar surface area (TPSA) is 97.7 Å². The summed E-state index contributed by atoms with van der Waals surface area (Å²) in [5.41, 5.74) is 2.21. The number of hydrogen-bond acceptors (Lipinski definition) is 5. The average Bonchev–Trinajstić information content (AvgIpc) is 3.32. The number of carbonyl (C=O) groups is 1. The van der Waals surface area contributed by atoms with E-state index < -0.39 is 0 Å². The Hall–Kier alpha value is -2.74. The number of benzene rings is 1. The predicted octanol–water partition coefficient (Wildman–Crippen LogP) is 2.18. The van der Waals surface area contributed by atoms with Crippen molar-refractivity contribution in [1.82, 2.24) is 30.0 Å². The second kappa shape index (κ2) is 7.35. The first kappa shape index (κ1) is 17.4. The molecule has 8 heteroatoms. The van der Waals surface area contributed by atoms with Crippen LogP contribution in [0.2, 0.25) is 0 Å². The van der Waals surface area contributed by atoms with Crippen LogP contribution in [-0.4, -0.2) is 49.9 Å². The highest BCUT2D eigenvalue weighted by molar-refractivity contribution is 6.04. The summed E-state index contributed by atoms with van der Waals surface area (Å²) < 4.78 is 7.76. The van der Waals surface area contributed by atoms with Crippen molar-refractivity contribution in [2.24, 2.45) is 0 Å². The SMILES string of the molecule is O=C(NC1CCc2nnc(C3CCOCC3)n2CC1)c1cccc2[nH]cnc12. The Bertz CT molecular complexity index is 988. The normalized spacial score (nSPS) is 20.6. The van der Waals surface area contributed by atoms with Crippen molar-refractivity contribution in [2.45, 2.75) is 50.6 Å². The minimum Gasteiger partial charge on any atom is -0.381 e. The number of hydrogen-bond donors (Lipinski definition) is 2. The number of nitrogens with zero attached hydrogens (tertiary/aromatic N) is 4. The van der Waals surface area contributed by atoms with Gasteiger partial charge in [0.25, 0.3) is 5.91 Å². The number of H-pyrrole nitrogens is 1. The van der Waals surface area contributed by atoms with Crippen molar-refractivity contribution < 1.29 is 9.53 Å². The zero-order valence-electron chi connectivity index (χ0n) is 15.7. The maximum atomic E-state index is 12.8. The zero-order valence-corrected chi connectivity index (χ0v) is 15.7. The van der Waals surface area contributed by atoms with E-state index >= 15 is 0 Å². The minimum absolute atomic E-state index is 0.0648. The summed E-state index contributed by atoms with van der Waals surface area (Å²) >= 11 is 0. The molecular formula is C20H24N6O2. The van der Waals surface area contributed by atoms with E-state index in [2.05, 4.69) is 30.0 Å². The maximum Gasteiger partial charge on any atom is 0.253 e. The number of nitrogens with one attached hydrogen (secondary N) is 2. The fraction of sp³-hybridized carbons (Fsp3) is 0.500. The van der Waals surface area contributed by atoms with Gasteiger partial charge in [0.05, 0.1) is 17.4 Å². The van der Waals surface area contributed by atoms with Crippen molar-refractivity contribution in [2.75, 3.05) is 13.2 Å². The van der Waals surface area contributed by atoms with Gasteiger partial charge in [0.2, 0.25) is 0 Å². The second-order valence-electron chi connectivity index (χ2n) is 7.61. The van der Waals surface area contributed by atoms with Gasteiger partial charge in [-0.05, 0) is 37.8 Å². The Morgan fingerprint density at radius 2 is 2.07 bits per heavy atom. The molecule has 2 N–H and O–H groups in total. The number of carbonyl (C=O) groups excluding carboxylic acids is 1. The molecule has 1 unspecified atom stereocenters. The first-order valence-corrected chi connectivity index (χ1v) is 10.0. The van der Waals surface area contributed by atoms with E-state index in [4.69, 9.17) is 4.74 Å².